The molecule has 0 spiro atoms. The van der Waals surface area contributed by atoms with Gasteiger partial charge in [0, 0.05) is 22.9 Å². The molecule has 1 aromatic heterocycles. The van der Waals surface area contributed by atoms with Gasteiger partial charge in [0.1, 0.15) is 0 Å². The highest BCUT2D eigenvalue weighted by atomic mass is 35.5. The second-order valence-electron chi connectivity index (χ2n) is 2.56. The van der Waals surface area contributed by atoms with E-state index in [0.717, 1.165) is 11.4 Å². The second kappa shape index (κ2) is 4.07. The van der Waals surface area contributed by atoms with E-state index in [-0.39, 0.29) is 5.38 Å². The number of hydrogen-bond donors (Lipinski definition) is 0. The minimum atomic E-state index is 0.186. The Hall–Kier alpha value is -0.0800. The third-order valence-electron chi connectivity index (χ3n) is 1.76. The topological polar surface area (TPSA) is 12.9 Å². The van der Waals surface area contributed by atoms with Crippen LogP contribution in [0.15, 0.2) is 11.6 Å². The fraction of sp³-hybridized carbons (Fsp3) is 0.625. The summed E-state index contributed by atoms with van der Waals surface area (Å²) in [6, 6.07) is 0. The molecule has 0 aromatic carbocycles. The standard InChI is InChI=1S/C8H12ClNS/c1-3-7(6(2)9)8-10-4-5-11-8/h4-7H,3H2,1-2H3. The zero-order valence-corrected chi connectivity index (χ0v) is 8.32. The molecule has 1 aromatic rings. The number of nitrogens with zero attached hydrogens (tertiary/aromatic N) is 1. The zero-order chi connectivity index (χ0) is 8.27. The van der Waals surface area contributed by atoms with E-state index in [4.69, 9.17) is 11.6 Å². The van der Waals surface area contributed by atoms with Crippen molar-refractivity contribution in [2.45, 2.75) is 31.6 Å². The van der Waals surface area contributed by atoms with Crippen LogP contribution in [0.2, 0.25) is 0 Å². The van der Waals surface area contributed by atoms with Gasteiger partial charge in [0.2, 0.25) is 0 Å². The van der Waals surface area contributed by atoms with Gasteiger partial charge in [-0.2, -0.15) is 0 Å². The van der Waals surface area contributed by atoms with Crippen molar-refractivity contribution in [1.29, 1.82) is 0 Å². The lowest BCUT2D eigenvalue weighted by Crippen LogP contribution is -2.07. The highest BCUT2D eigenvalue weighted by Gasteiger charge is 2.16. The van der Waals surface area contributed by atoms with Gasteiger partial charge in [-0.3, -0.25) is 0 Å². The van der Waals surface area contributed by atoms with Crippen LogP contribution < -0.4 is 0 Å². The van der Waals surface area contributed by atoms with Gasteiger partial charge in [-0.1, -0.05) is 6.92 Å². The maximum absolute atomic E-state index is 6.00. The Kier molecular flexibility index (Phi) is 3.34. The third kappa shape index (κ3) is 2.17. The fourth-order valence-electron chi connectivity index (χ4n) is 1.11. The third-order valence-corrected chi connectivity index (χ3v) is 2.97. The van der Waals surface area contributed by atoms with E-state index in [0.29, 0.717) is 5.92 Å². The summed E-state index contributed by atoms with van der Waals surface area (Å²) in [6.45, 7) is 4.17. The summed E-state index contributed by atoms with van der Waals surface area (Å²) in [6.07, 6.45) is 2.90. The molecule has 62 valence electrons. The summed E-state index contributed by atoms with van der Waals surface area (Å²) < 4.78 is 0. The lowest BCUT2D eigenvalue weighted by Gasteiger charge is -2.13. The van der Waals surface area contributed by atoms with E-state index in [2.05, 4.69) is 11.9 Å². The summed E-state index contributed by atoms with van der Waals surface area (Å²) in [5.41, 5.74) is 0. The highest BCUT2D eigenvalue weighted by molar-refractivity contribution is 7.09. The monoisotopic (exact) mass is 189 g/mol. The quantitative estimate of drug-likeness (QED) is 0.666. The van der Waals surface area contributed by atoms with Crippen LogP contribution in [0.3, 0.4) is 0 Å². The van der Waals surface area contributed by atoms with Crippen molar-refractivity contribution in [3.05, 3.63) is 16.6 Å². The van der Waals surface area contributed by atoms with Crippen LogP contribution in [0, 0.1) is 0 Å². The smallest absolute Gasteiger partial charge is 0.0970 e. The fourth-order valence-corrected chi connectivity index (χ4v) is 2.41. The van der Waals surface area contributed by atoms with Gasteiger partial charge in [-0.25, -0.2) is 4.98 Å². The van der Waals surface area contributed by atoms with Crippen molar-refractivity contribution in [1.82, 2.24) is 4.98 Å². The largest absolute Gasteiger partial charge is 0.249 e. The first-order chi connectivity index (χ1) is 5.25. The van der Waals surface area contributed by atoms with Crippen LogP contribution >= 0.6 is 22.9 Å². The maximum atomic E-state index is 6.00. The molecule has 0 aliphatic heterocycles. The molecule has 0 amide bonds. The van der Waals surface area contributed by atoms with Crippen molar-refractivity contribution in [3.8, 4) is 0 Å². The van der Waals surface area contributed by atoms with Crippen LogP contribution in [0.5, 0.6) is 0 Å². The van der Waals surface area contributed by atoms with Crippen LogP contribution in [-0.2, 0) is 0 Å². The van der Waals surface area contributed by atoms with E-state index in [1.54, 1.807) is 11.3 Å². The molecule has 0 aliphatic rings. The lowest BCUT2D eigenvalue weighted by molar-refractivity contribution is 0.645. The average Bonchev–Trinajstić information content (AvgIpc) is 2.40. The van der Waals surface area contributed by atoms with E-state index in [9.17, 15) is 0 Å². The van der Waals surface area contributed by atoms with Gasteiger partial charge in [0.05, 0.1) is 5.01 Å². The number of alkyl halides is 1. The molecular weight excluding hydrogens is 178 g/mol. The normalized spacial score (nSPS) is 16.3. The van der Waals surface area contributed by atoms with E-state index in [1.807, 2.05) is 18.5 Å². The van der Waals surface area contributed by atoms with Crippen molar-refractivity contribution >= 4 is 22.9 Å². The summed E-state index contributed by atoms with van der Waals surface area (Å²) in [7, 11) is 0. The number of hydrogen-bond acceptors (Lipinski definition) is 2. The SMILES string of the molecule is CCC(c1nccs1)C(C)Cl. The minimum Gasteiger partial charge on any atom is -0.249 e. The zero-order valence-electron chi connectivity index (χ0n) is 6.75. The molecule has 0 N–H and O–H groups in total. The maximum Gasteiger partial charge on any atom is 0.0970 e. The Morgan fingerprint density at radius 2 is 2.45 bits per heavy atom. The Bertz CT molecular complexity index is 196. The lowest BCUT2D eigenvalue weighted by atomic mass is 10.0. The predicted octanol–water partition coefficient (Wildman–Crippen LogP) is 3.26. The molecule has 0 saturated heterocycles. The summed E-state index contributed by atoms with van der Waals surface area (Å²) in [5, 5.41) is 3.35. The molecule has 1 nitrogen and oxygen atoms in total. The van der Waals surface area contributed by atoms with Gasteiger partial charge in [0.15, 0.2) is 0 Å². The van der Waals surface area contributed by atoms with Gasteiger partial charge in [-0.05, 0) is 13.3 Å². The molecule has 2 unspecified atom stereocenters. The van der Waals surface area contributed by atoms with E-state index < -0.39 is 0 Å². The second-order valence-corrected chi connectivity index (χ2v) is 4.18. The Labute approximate surface area is 76.4 Å². The number of thiazole rings is 1. The Morgan fingerprint density at radius 1 is 1.73 bits per heavy atom. The molecule has 3 heteroatoms. The molecule has 0 radical (unpaired) electrons. The van der Waals surface area contributed by atoms with Crippen LogP contribution in [-0.4, -0.2) is 10.4 Å². The first kappa shape index (κ1) is 9.01. The highest BCUT2D eigenvalue weighted by Crippen LogP contribution is 2.27. The number of rotatable bonds is 3. The van der Waals surface area contributed by atoms with Crippen molar-refractivity contribution < 1.29 is 0 Å². The Balaban J connectivity index is 2.71. The summed E-state index contributed by atoms with van der Waals surface area (Å²) in [5.74, 6) is 0.427. The van der Waals surface area contributed by atoms with Crippen LogP contribution in [0.1, 0.15) is 31.2 Å². The molecule has 0 bridgehead atoms. The average molecular weight is 190 g/mol. The van der Waals surface area contributed by atoms with Gasteiger partial charge in [-0.15, -0.1) is 22.9 Å². The van der Waals surface area contributed by atoms with Gasteiger partial charge >= 0.3 is 0 Å². The molecule has 1 heterocycles. The molecule has 2 atom stereocenters. The number of aromatic nitrogens is 1. The predicted molar refractivity (Wildman–Crippen MR) is 50.5 cm³/mol. The first-order valence-electron chi connectivity index (χ1n) is 3.79. The van der Waals surface area contributed by atoms with E-state index >= 15 is 0 Å². The molecule has 11 heavy (non-hydrogen) atoms. The summed E-state index contributed by atoms with van der Waals surface area (Å²) in [4.78, 5) is 4.24. The molecular formula is C8H12ClNS. The molecule has 0 aliphatic carbocycles. The molecule has 0 saturated carbocycles. The van der Waals surface area contributed by atoms with Gasteiger partial charge in [0.25, 0.3) is 0 Å². The van der Waals surface area contributed by atoms with Crippen molar-refractivity contribution in [3.63, 3.8) is 0 Å². The van der Waals surface area contributed by atoms with Gasteiger partial charge < -0.3 is 0 Å². The van der Waals surface area contributed by atoms with Crippen LogP contribution in [0.4, 0.5) is 0 Å². The Morgan fingerprint density at radius 3 is 2.82 bits per heavy atom. The van der Waals surface area contributed by atoms with Crippen molar-refractivity contribution in [2.75, 3.05) is 0 Å². The molecule has 0 fully saturated rings. The van der Waals surface area contributed by atoms with E-state index in [1.165, 1.54) is 0 Å². The first-order valence-corrected chi connectivity index (χ1v) is 5.10. The number of halogens is 1. The molecule has 1 rings (SSSR count). The van der Waals surface area contributed by atoms with Crippen molar-refractivity contribution in [2.24, 2.45) is 0 Å². The summed E-state index contributed by atoms with van der Waals surface area (Å²) >= 11 is 7.69. The minimum absolute atomic E-state index is 0.186. The van der Waals surface area contributed by atoms with Crippen LogP contribution in [0.25, 0.3) is 0 Å².